The lowest BCUT2D eigenvalue weighted by Gasteiger charge is -2.37. The monoisotopic (exact) mass is 375 g/mol. The predicted octanol–water partition coefficient (Wildman–Crippen LogP) is 4.13. The van der Waals surface area contributed by atoms with Gasteiger partial charge in [-0.3, -0.25) is 0 Å². The Bertz CT molecular complexity index is 872. The third-order valence-corrected chi connectivity index (χ3v) is 6.12. The molecule has 0 aromatic heterocycles. The van der Waals surface area contributed by atoms with Crippen molar-refractivity contribution in [2.45, 2.75) is 31.7 Å². The zero-order valence-corrected chi connectivity index (χ0v) is 16.8. The summed E-state index contributed by atoms with van der Waals surface area (Å²) in [6.45, 7) is 5.61. The van der Waals surface area contributed by atoms with Crippen LogP contribution in [0.3, 0.4) is 0 Å². The summed E-state index contributed by atoms with van der Waals surface area (Å²) in [5.74, 6) is 0.772. The highest BCUT2D eigenvalue weighted by Gasteiger charge is 2.27. The number of hydrazine groups is 1. The smallest absolute Gasteiger partial charge is 0.116 e. The lowest BCUT2D eigenvalue weighted by Crippen LogP contribution is -2.43. The molecule has 3 heterocycles. The normalized spacial score (nSPS) is 25.6. The molecule has 4 heteroatoms. The average molecular weight is 376 g/mol. The van der Waals surface area contributed by atoms with E-state index in [0.29, 0.717) is 12.8 Å². The van der Waals surface area contributed by atoms with Crippen LogP contribution in [0.25, 0.3) is 5.70 Å². The first-order valence-electron chi connectivity index (χ1n) is 10.4. The first-order valence-corrected chi connectivity index (χ1v) is 10.4. The quantitative estimate of drug-likeness (QED) is 0.788. The van der Waals surface area contributed by atoms with Crippen molar-refractivity contribution in [3.8, 4) is 0 Å². The van der Waals surface area contributed by atoms with Crippen molar-refractivity contribution < 1.29 is 4.74 Å². The fourth-order valence-corrected chi connectivity index (χ4v) is 4.39. The van der Waals surface area contributed by atoms with E-state index < -0.39 is 0 Å². The molecule has 28 heavy (non-hydrogen) atoms. The fraction of sp³-hybridized carbons (Fsp3) is 0.417. The Kier molecular flexibility index (Phi) is 4.61. The van der Waals surface area contributed by atoms with Crippen molar-refractivity contribution in [2.75, 3.05) is 33.5 Å². The largest absolute Gasteiger partial charge is 0.370 e. The van der Waals surface area contributed by atoms with Crippen LogP contribution in [0.15, 0.2) is 65.9 Å². The molecule has 0 amide bonds. The lowest BCUT2D eigenvalue weighted by atomic mass is 9.93. The molecule has 0 spiro atoms. The first-order chi connectivity index (χ1) is 13.7. The average Bonchev–Trinajstić information content (AvgIpc) is 3.43. The molecular weight excluding hydrogens is 346 g/mol. The Hall–Kier alpha value is -2.30. The molecule has 1 saturated carbocycles. The number of hydrogen-bond donors (Lipinski definition) is 0. The van der Waals surface area contributed by atoms with Crippen molar-refractivity contribution in [1.29, 1.82) is 0 Å². The van der Waals surface area contributed by atoms with Gasteiger partial charge in [-0.25, -0.2) is 0 Å². The number of likely N-dealkylation sites (N-methyl/N-ethyl adjacent to an activating group) is 1. The van der Waals surface area contributed by atoms with E-state index in [1.165, 1.54) is 40.8 Å². The van der Waals surface area contributed by atoms with Crippen LogP contribution in [0, 0.1) is 0 Å². The third kappa shape index (κ3) is 3.31. The second-order valence-corrected chi connectivity index (χ2v) is 8.28. The van der Waals surface area contributed by atoms with Gasteiger partial charge in [-0.2, -0.15) is 5.01 Å². The van der Waals surface area contributed by atoms with Crippen LogP contribution < -0.4 is 0 Å². The maximum Gasteiger partial charge on any atom is 0.116 e. The molecule has 0 radical (unpaired) electrons. The van der Waals surface area contributed by atoms with Crippen LogP contribution >= 0.6 is 0 Å². The fourth-order valence-electron chi connectivity index (χ4n) is 4.39. The summed E-state index contributed by atoms with van der Waals surface area (Å²) < 4.78 is 5.59. The van der Waals surface area contributed by atoms with Gasteiger partial charge in [0.1, 0.15) is 6.73 Å². The number of nitrogens with zero attached hydrogens (tertiary/aromatic N) is 3. The summed E-state index contributed by atoms with van der Waals surface area (Å²) in [5, 5.41) is 4.62. The van der Waals surface area contributed by atoms with Crippen LogP contribution in [-0.2, 0) is 4.74 Å². The molecule has 1 aromatic carbocycles. The second-order valence-electron chi connectivity index (χ2n) is 8.28. The summed E-state index contributed by atoms with van der Waals surface area (Å²) in [6.07, 6.45) is 14.1. The van der Waals surface area contributed by atoms with E-state index in [1.807, 2.05) is 0 Å². The Labute approximate surface area is 168 Å². The molecule has 1 unspecified atom stereocenters. The standard InChI is InChI=1S/C24H29N3O/c1-18-8-9-22(16-27(18)26-13-14-28-17-26)23-7-4-12-25(2)24(23)21-6-3-5-20(15-21)19-10-11-19/h3-9,15-16,18-19H,10-14,17H2,1-2H3. The number of hydrogen-bond acceptors (Lipinski definition) is 4. The number of ether oxygens (including phenoxy) is 1. The number of rotatable bonds is 4. The van der Waals surface area contributed by atoms with Gasteiger partial charge in [0.05, 0.1) is 18.3 Å². The van der Waals surface area contributed by atoms with Crippen LogP contribution in [0.2, 0.25) is 0 Å². The van der Waals surface area contributed by atoms with E-state index >= 15 is 0 Å². The van der Waals surface area contributed by atoms with E-state index in [0.717, 1.165) is 25.6 Å². The van der Waals surface area contributed by atoms with E-state index in [1.54, 1.807) is 0 Å². The maximum absolute atomic E-state index is 5.59. The molecule has 4 aliphatic rings. The van der Waals surface area contributed by atoms with E-state index in [2.05, 4.69) is 83.7 Å². The highest BCUT2D eigenvalue weighted by Crippen LogP contribution is 2.41. The minimum atomic E-state index is 0.345. The van der Waals surface area contributed by atoms with Gasteiger partial charge in [-0.05, 0) is 42.9 Å². The molecule has 3 aliphatic heterocycles. The van der Waals surface area contributed by atoms with Gasteiger partial charge in [0, 0.05) is 37.5 Å². The van der Waals surface area contributed by atoms with Crippen molar-refractivity contribution in [1.82, 2.24) is 14.9 Å². The number of benzene rings is 1. The molecule has 2 fully saturated rings. The molecule has 0 bridgehead atoms. The van der Waals surface area contributed by atoms with Crippen molar-refractivity contribution >= 4 is 5.70 Å². The summed E-state index contributed by atoms with van der Waals surface area (Å²) >= 11 is 0. The van der Waals surface area contributed by atoms with Gasteiger partial charge in [0.25, 0.3) is 0 Å². The predicted molar refractivity (Wildman–Crippen MR) is 113 cm³/mol. The Morgan fingerprint density at radius 2 is 2.04 bits per heavy atom. The Morgan fingerprint density at radius 3 is 2.82 bits per heavy atom. The minimum absolute atomic E-state index is 0.345. The van der Waals surface area contributed by atoms with Crippen LogP contribution in [-0.4, -0.2) is 54.4 Å². The molecule has 0 N–H and O–H groups in total. The SMILES string of the molecule is CC1C=CC(C2=C(c3cccc(C4CC4)c3)N(C)CC=C2)=CN1N1CCOC1. The maximum atomic E-state index is 5.59. The summed E-state index contributed by atoms with van der Waals surface area (Å²) in [5.41, 5.74) is 6.71. The zero-order valence-electron chi connectivity index (χ0n) is 16.8. The van der Waals surface area contributed by atoms with Gasteiger partial charge in [0.15, 0.2) is 0 Å². The Morgan fingerprint density at radius 1 is 1.14 bits per heavy atom. The molecule has 1 aromatic rings. The highest BCUT2D eigenvalue weighted by atomic mass is 16.5. The van der Waals surface area contributed by atoms with Gasteiger partial charge in [-0.1, -0.05) is 42.5 Å². The van der Waals surface area contributed by atoms with Gasteiger partial charge >= 0.3 is 0 Å². The molecule has 1 aliphatic carbocycles. The molecule has 5 rings (SSSR count). The lowest BCUT2D eigenvalue weighted by molar-refractivity contribution is -0.0140. The molecule has 146 valence electrons. The molecular formula is C24H29N3O. The minimum Gasteiger partial charge on any atom is -0.370 e. The van der Waals surface area contributed by atoms with Gasteiger partial charge < -0.3 is 14.6 Å². The molecule has 4 nitrogen and oxygen atoms in total. The summed E-state index contributed by atoms with van der Waals surface area (Å²) in [4.78, 5) is 2.37. The first kappa shape index (κ1) is 17.8. The second kappa shape index (κ2) is 7.26. The van der Waals surface area contributed by atoms with Crippen molar-refractivity contribution in [3.05, 3.63) is 77.0 Å². The highest BCUT2D eigenvalue weighted by molar-refractivity contribution is 5.77. The van der Waals surface area contributed by atoms with E-state index in [4.69, 9.17) is 4.74 Å². The van der Waals surface area contributed by atoms with Crippen LogP contribution in [0.5, 0.6) is 0 Å². The number of allylic oxidation sites excluding steroid dienone is 4. The molecule has 1 atom stereocenters. The van der Waals surface area contributed by atoms with Gasteiger partial charge in [0.2, 0.25) is 0 Å². The van der Waals surface area contributed by atoms with Crippen LogP contribution in [0.4, 0.5) is 0 Å². The zero-order chi connectivity index (χ0) is 19.1. The third-order valence-electron chi connectivity index (χ3n) is 6.12. The van der Waals surface area contributed by atoms with Crippen LogP contribution in [0.1, 0.15) is 36.8 Å². The summed E-state index contributed by atoms with van der Waals surface area (Å²) in [6, 6.07) is 9.53. The summed E-state index contributed by atoms with van der Waals surface area (Å²) in [7, 11) is 2.20. The van der Waals surface area contributed by atoms with E-state index in [-0.39, 0.29) is 0 Å². The van der Waals surface area contributed by atoms with Crippen molar-refractivity contribution in [2.24, 2.45) is 0 Å². The molecule has 1 saturated heterocycles. The Balaban J connectivity index is 1.56. The van der Waals surface area contributed by atoms with E-state index in [9.17, 15) is 0 Å². The van der Waals surface area contributed by atoms with Gasteiger partial charge in [-0.15, -0.1) is 0 Å². The van der Waals surface area contributed by atoms with Crippen molar-refractivity contribution in [3.63, 3.8) is 0 Å². The topological polar surface area (TPSA) is 19.0 Å².